The highest BCUT2D eigenvalue weighted by Gasteiger charge is 2.27. The number of nitrogens with zero attached hydrogens (tertiary/aromatic N) is 2. The van der Waals surface area contributed by atoms with E-state index in [0.29, 0.717) is 24.8 Å². The monoisotopic (exact) mass is 407 g/mol. The number of halogens is 1. The van der Waals surface area contributed by atoms with Gasteiger partial charge in [-0.25, -0.2) is 16.7 Å². The molecular formula is C17H22BrN5O2. The van der Waals surface area contributed by atoms with Crippen LogP contribution < -0.4 is 26.9 Å². The smallest absolute Gasteiger partial charge is 0.221 e. The van der Waals surface area contributed by atoms with Crippen LogP contribution in [0.5, 0.6) is 5.88 Å². The lowest BCUT2D eigenvalue weighted by molar-refractivity contribution is -0.109. The molecule has 0 atom stereocenters. The summed E-state index contributed by atoms with van der Waals surface area (Å²) in [5.41, 5.74) is 5.26. The Bertz CT molecular complexity index is 687. The number of pyridine rings is 1. The maximum Gasteiger partial charge on any atom is 0.221 e. The average Bonchev–Trinajstić information content (AvgIpc) is 3.45. The molecule has 1 aliphatic rings. The standard InChI is InChI=1S/C16H18BrN3O.CH4N2O/c1-20(18)14-5-2-4-12(11-8-9-11)13(14)10-21-16-7-3-6-15(17)19-16;2-3-1-4/h2-7,11H,8-10,18H2,1H3;1H,2H2,(H,3,4). The minimum absolute atomic E-state index is 0.403. The van der Waals surface area contributed by atoms with Crippen LogP contribution in [0.4, 0.5) is 5.69 Å². The van der Waals surface area contributed by atoms with E-state index >= 15 is 0 Å². The number of carbonyl (C=O) groups is 1. The summed E-state index contributed by atoms with van der Waals surface area (Å²) in [5.74, 6) is 11.6. The molecule has 1 fully saturated rings. The predicted octanol–water partition coefficient (Wildman–Crippen LogP) is 2.22. The molecular weight excluding hydrogens is 386 g/mol. The number of hydrazine groups is 2. The lowest BCUT2D eigenvalue weighted by atomic mass is 10.0. The molecule has 7 nitrogen and oxygen atoms in total. The largest absolute Gasteiger partial charge is 0.473 e. The van der Waals surface area contributed by atoms with Crippen LogP contribution in [-0.2, 0) is 11.4 Å². The lowest BCUT2D eigenvalue weighted by Gasteiger charge is -2.20. The van der Waals surface area contributed by atoms with Crippen molar-refractivity contribution in [3.63, 3.8) is 0 Å². The summed E-state index contributed by atoms with van der Waals surface area (Å²) >= 11 is 3.35. The third-order valence-electron chi connectivity index (χ3n) is 3.71. The van der Waals surface area contributed by atoms with Gasteiger partial charge in [-0.1, -0.05) is 18.2 Å². The van der Waals surface area contributed by atoms with Crippen molar-refractivity contribution in [1.82, 2.24) is 10.4 Å². The number of nitrogens with two attached hydrogens (primary N) is 2. The van der Waals surface area contributed by atoms with Crippen molar-refractivity contribution in [3.8, 4) is 5.88 Å². The van der Waals surface area contributed by atoms with Crippen molar-refractivity contribution in [2.45, 2.75) is 25.4 Å². The van der Waals surface area contributed by atoms with E-state index < -0.39 is 0 Å². The van der Waals surface area contributed by atoms with Gasteiger partial charge in [0.05, 0.1) is 5.69 Å². The molecule has 3 rings (SSSR count). The Morgan fingerprint density at radius 2 is 2.04 bits per heavy atom. The summed E-state index contributed by atoms with van der Waals surface area (Å²) in [7, 11) is 1.85. The molecule has 0 bridgehead atoms. The first kappa shape index (κ1) is 19.2. The number of rotatable bonds is 6. The highest BCUT2D eigenvalue weighted by molar-refractivity contribution is 9.10. The second kappa shape index (κ2) is 9.36. The lowest BCUT2D eigenvalue weighted by Crippen LogP contribution is -2.27. The summed E-state index contributed by atoms with van der Waals surface area (Å²) in [4.78, 5) is 13.2. The molecule has 1 aromatic carbocycles. The van der Waals surface area contributed by atoms with E-state index in [4.69, 9.17) is 15.4 Å². The minimum Gasteiger partial charge on any atom is -0.473 e. The normalized spacial score (nSPS) is 12.6. The van der Waals surface area contributed by atoms with Gasteiger partial charge in [0.2, 0.25) is 12.3 Å². The van der Waals surface area contributed by atoms with Crippen LogP contribution in [0.15, 0.2) is 41.0 Å². The molecule has 1 saturated carbocycles. The van der Waals surface area contributed by atoms with Crippen molar-refractivity contribution < 1.29 is 9.53 Å². The van der Waals surface area contributed by atoms with Gasteiger partial charge in [-0.2, -0.15) is 0 Å². The number of hydrogen-bond donors (Lipinski definition) is 3. The molecule has 0 unspecified atom stereocenters. The first-order valence-electron chi connectivity index (χ1n) is 7.82. The highest BCUT2D eigenvalue weighted by atomic mass is 79.9. The van der Waals surface area contributed by atoms with E-state index in [1.807, 2.05) is 31.3 Å². The topological polar surface area (TPSA) is 106 Å². The number of amides is 1. The van der Waals surface area contributed by atoms with Crippen molar-refractivity contribution in [2.24, 2.45) is 11.7 Å². The molecule has 8 heteroatoms. The van der Waals surface area contributed by atoms with Gasteiger partial charge in [0, 0.05) is 18.7 Å². The number of carbonyl (C=O) groups excluding carboxylic acids is 1. The fourth-order valence-corrected chi connectivity index (χ4v) is 2.80. The Balaban J connectivity index is 0.000000511. The Labute approximate surface area is 155 Å². The SMILES string of the molecule is CN(N)c1cccc(C2CC2)c1COc1cccc(Br)n1.NNC=O. The van der Waals surface area contributed by atoms with E-state index in [1.165, 1.54) is 18.4 Å². The molecule has 0 radical (unpaired) electrons. The van der Waals surface area contributed by atoms with Crippen molar-refractivity contribution in [2.75, 3.05) is 12.1 Å². The van der Waals surface area contributed by atoms with Crippen molar-refractivity contribution in [3.05, 3.63) is 52.1 Å². The van der Waals surface area contributed by atoms with E-state index in [9.17, 15) is 0 Å². The predicted molar refractivity (Wildman–Crippen MR) is 101 cm³/mol. The summed E-state index contributed by atoms with van der Waals surface area (Å²) in [5, 5.41) is 1.65. The molecule has 25 heavy (non-hydrogen) atoms. The van der Waals surface area contributed by atoms with Crippen LogP contribution in [0.2, 0.25) is 0 Å². The first-order valence-corrected chi connectivity index (χ1v) is 8.61. The zero-order chi connectivity index (χ0) is 18.2. The Kier molecular flexibility index (Phi) is 7.17. The van der Waals surface area contributed by atoms with Crippen LogP contribution in [-0.4, -0.2) is 18.4 Å². The van der Waals surface area contributed by atoms with Gasteiger partial charge in [-0.05, 0) is 52.4 Å². The number of ether oxygens (including phenoxy) is 1. The maximum absolute atomic E-state index is 8.94. The second-order valence-corrected chi connectivity index (χ2v) is 6.41. The van der Waals surface area contributed by atoms with Gasteiger partial charge >= 0.3 is 0 Å². The zero-order valence-electron chi connectivity index (χ0n) is 14.0. The third kappa shape index (κ3) is 5.70. The van der Waals surface area contributed by atoms with Gasteiger partial charge in [-0.3, -0.25) is 10.2 Å². The molecule has 134 valence electrons. The third-order valence-corrected chi connectivity index (χ3v) is 4.15. The molecule has 0 spiro atoms. The van der Waals surface area contributed by atoms with E-state index in [0.717, 1.165) is 15.9 Å². The molecule has 1 aliphatic carbocycles. The second-order valence-electron chi connectivity index (χ2n) is 5.60. The van der Waals surface area contributed by atoms with E-state index in [-0.39, 0.29) is 0 Å². The molecule has 2 aromatic rings. The summed E-state index contributed by atoms with van der Waals surface area (Å²) in [6, 6.07) is 11.9. The Morgan fingerprint density at radius 3 is 2.60 bits per heavy atom. The van der Waals surface area contributed by atoms with Gasteiger partial charge in [-0.15, -0.1) is 0 Å². The van der Waals surface area contributed by atoms with E-state index in [1.54, 1.807) is 10.4 Å². The van der Waals surface area contributed by atoms with Gasteiger partial charge in [0.15, 0.2) is 0 Å². The van der Waals surface area contributed by atoms with Crippen LogP contribution >= 0.6 is 15.9 Å². The maximum atomic E-state index is 8.94. The molecule has 1 aromatic heterocycles. The molecule has 0 saturated heterocycles. The highest BCUT2D eigenvalue weighted by Crippen LogP contribution is 2.43. The van der Waals surface area contributed by atoms with Gasteiger partial charge in [0.1, 0.15) is 11.2 Å². The Hall–Kier alpha value is -2.16. The molecule has 0 aliphatic heterocycles. The first-order chi connectivity index (χ1) is 12.1. The van der Waals surface area contributed by atoms with Crippen LogP contribution in [0, 0.1) is 0 Å². The van der Waals surface area contributed by atoms with Crippen LogP contribution in [0.25, 0.3) is 0 Å². The van der Waals surface area contributed by atoms with Crippen LogP contribution in [0.1, 0.15) is 29.9 Å². The minimum atomic E-state index is 0.403. The average molecular weight is 408 g/mol. The molecule has 1 heterocycles. The fourth-order valence-electron chi connectivity index (χ4n) is 2.47. The summed E-state index contributed by atoms with van der Waals surface area (Å²) in [6.45, 7) is 0.479. The quantitative estimate of drug-likeness (QED) is 0.223. The van der Waals surface area contributed by atoms with Crippen molar-refractivity contribution in [1.29, 1.82) is 0 Å². The number of hydrogen-bond acceptors (Lipinski definition) is 6. The van der Waals surface area contributed by atoms with E-state index in [2.05, 4.69) is 38.9 Å². The molecule has 5 N–H and O–H groups in total. The Morgan fingerprint density at radius 1 is 1.36 bits per heavy atom. The number of benzene rings is 1. The number of anilines is 1. The zero-order valence-corrected chi connectivity index (χ0v) is 15.6. The van der Waals surface area contributed by atoms with Gasteiger partial charge in [0.25, 0.3) is 0 Å². The fraction of sp³-hybridized carbons (Fsp3) is 0.294. The molecule has 1 amide bonds. The van der Waals surface area contributed by atoms with Crippen molar-refractivity contribution >= 4 is 28.0 Å². The number of nitrogens with one attached hydrogen (secondary N) is 1. The van der Waals surface area contributed by atoms with Gasteiger partial charge < -0.3 is 9.75 Å². The van der Waals surface area contributed by atoms with Crippen LogP contribution in [0.3, 0.4) is 0 Å². The summed E-state index contributed by atoms with van der Waals surface area (Å²) < 4.78 is 6.63. The summed E-state index contributed by atoms with van der Waals surface area (Å²) in [6.07, 6.45) is 2.90. The number of aromatic nitrogens is 1.